The van der Waals surface area contributed by atoms with Crippen LogP contribution < -0.4 is 0 Å². The second-order valence-corrected chi connectivity index (χ2v) is 8.12. The van der Waals surface area contributed by atoms with Gasteiger partial charge in [0.1, 0.15) is 10.9 Å². The number of hydrogen-bond donors (Lipinski definition) is 0. The summed E-state index contributed by atoms with van der Waals surface area (Å²) in [5.41, 5.74) is 2.25. The highest BCUT2D eigenvalue weighted by atomic mass is 32.2. The van der Waals surface area contributed by atoms with Crippen LogP contribution in [0.4, 0.5) is 0 Å². The SMILES string of the molecule is CCOC(=O)CN1C(=O)C(=Cc2ccc(C(C)(C)C)cc2)SC1=S. The van der Waals surface area contributed by atoms with E-state index in [-0.39, 0.29) is 24.5 Å². The van der Waals surface area contributed by atoms with Crippen LogP contribution in [0.25, 0.3) is 6.08 Å². The molecule has 6 heteroatoms. The second-order valence-electron chi connectivity index (χ2n) is 6.44. The summed E-state index contributed by atoms with van der Waals surface area (Å²) in [4.78, 5) is 25.8. The van der Waals surface area contributed by atoms with Gasteiger partial charge in [-0.25, -0.2) is 0 Å². The first-order valence-corrected chi connectivity index (χ1v) is 8.96. The molecule has 1 saturated heterocycles. The van der Waals surface area contributed by atoms with Gasteiger partial charge in [0, 0.05) is 0 Å². The molecule has 0 radical (unpaired) electrons. The molecule has 1 amide bonds. The lowest BCUT2D eigenvalue weighted by Gasteiger charge is -2.18. The van der Waals surface area contributed by atoms with Crippen LogP contribution in [0, 0.1) is 0 Å². The van der Waals surface area contributed by atoms with Gasteiger partial charge in [0.05, 0.1) is 11.5 Å². The second kappa shape index (κ2) is 7.49. The molecular formula is C18H21NO3S2. The number of esters is 1. The molecule has 0 aromatic heterocycles. The maximum absolute atomic E-state index is 12.4. The summed E-state index contributed by atoms with van der Waals surface area (Å²) >= 11 is 6.41. The molecule has 0 unspecified atom stereocenters. The van der Waals surface area contributed by atoms with Crippen molar-refractivity contribution in [1.29, 1.82) is 0 Å². The summed E-state index contributed by atoms with van der Waals surface area (Å²) in [6.07, 6.45) is 1.80. The monoisotopic (exact) mass is 363 g/mol. The Bertz CT molecular complexity index is 687. The van der Waals surface area contributed by atoms with E-state index in [0.29, 0.717) is 9.23 Å². The molecule has 0 saturated carbocycles. The predicted molar refractivity (Wildman–Crippen MR) is 102 cm³/mol. The standard InChI is InChI=1S/C18H21NO3S2/c1-5-22-15(20)11-19-16(21)14(24-17(19)23)10-12-6-8-13(9-7-12)18(2,3)4/h6-10H,5,11H2,1-4H3. The van der Waals surface area contributed by atoms with Gasteiger partial charge in [0.15, 0.2) is 0 Å². The molecule has 0 aliphatic carbocycles. The minimum absolute atomic E-state index is 0.0849. The number of benzene rings is 1. The quantitative estimate of drug-likeness (QED) is 0.463. The molecule has 1 aliphatic rings. The number of ether oxygens (including phenoxy) is 1. The zero-order chi connectivity index (χ0) is 17.9. The average Bonchev–Trinajstić information content (AvgIpc) is 2.75. The molecule has 0 N–H and O–H groups in total. The van der Waals surface area contributed by atoms with Crippen LogP contribution in [0.15, 0.2) is 29.2 Å². The van der Waals surface area contributed by atoms with Crippen LogP contribution in [0.3, 0.4) is 0 Å². The Morgan fingerprint density at radius 3 is 2.46 bits per heavy atom. The number of nitrogens with zero attached hydrogens (tertiary/aromatic N) is 1. The highest BCUT2D eigenvalue weighted by Gasteiger charge is 2.33. The molecule has 24 heavy (non-hydrogen) atoms. The van der Waals surface area contributed by atoms with E-state index in [9.17, 15) is 9.59 Å². The minimum atomic E-state index is -0.454. The van der Waals surface area contributed by atoms with Gasteiger partial charge < -0.3 is 4.74 Å². The first-order chi connectivity index (χ1) is 11.2. The zero-order valence-electron chi connectivity index (χ0n) is 14.3. The van der Waals surface area contributed by atoms with Gasteiger partial charge in [0.2, 0.25) is 0 Å². The van der Waals surface area contributed by atoms with Crippen molar-refractivity contribution in [2.24, 2.45) is 0 Å². The molecule has 1 aliphatic heterocycles. The fourth-order valence-corrected chi connectivity index (χ4v) is 3.46. The van der Waals surface area contributed by atoms with Crippen molar-refractivity contribution in [2.45, 2.75) is 33.1 Å². The minimum Gasteiger partial charge on any atom is -0.465 e. The molecule has 1 fully saturated rings. The van der Waals surface area contributed by atoms with Gasteiger partial charge in [0.25, 0.3) is 5.91 Å². The summed E-state index contributed by atoms with van der Waals surface area (Å²) in [6, 6.07) is 8.09. The lowest BCUT2D eigenvalue weighted by molar-refractivity contribution is -0.145. The lowest BCUT2D eigenvalue weighted by atomic mass is 9.87. The Morgan fingerprint density at radius 2 is 1.92 bits per heavy atom. The van der Waals surface area contributed by atoms with Crippen LogP contribution in [0.5, 0.6) is 0 Å². The van der Waals surface area contributed by atoms with E-state index in [1.807, 2.05) is 12.1 Å². The molecule has 0 spiro atoms. The molecule has 2 rings (SSSR count). The van der Waals surface area contributed by atoms with Gasteiger partial charge in [-0.05, 0) is 29.5 Å². The van der Waals surface area contributed by atoms with Crippen molar-refractivity contribution in [1.82, 2.24) is 4.90 Å². The third-order valence-electron chi connectivity index (χ3n) is 3.54. The zero-order valence-corrected chi connectivity index (χ0v) is 15.9. The van der Waals surface area contributed by atoms with Crippen LogP contribution >= 0.6 is 24.0 Å². The van der Waals surface area contributed by atoms with E-state index in [1.165, 1.54) is 22.2 Å². The summed E-state index contributed by atoms with van der Waals surface area (Å²) in [6.45, 7) is 8.33. The topological polar surface area (TPSA) is 46.6 Å². The summed E-state index contributed by atoms with van der Waals surface area (Å²) < 4.78 is 5.26. The van der Waals surface area contributed by atoms with Gasteiger partial charge in [-0.3, -0.25) is 14.5 Å². The first-order valence-electron chi connectivity index (χ1n) is 7.74. The Hall–Kier alpha value is -1.66. The average molecular weight is 364 g/mol. The van der Waals surface area contributed by atoms with E-state index < -0.39 is 5.97 Å². The summed E-state index contributed by atoms with van der Waals surface area (Å²) in [5.74, 6) is -0.706. The number of thiocarbonyl (C=S) groups is 1. The highest BCUT2D eigenvalue weighted by Crippen LogP contribution is 2.32. The third kappa shape index (κ3) is 4.45. The van der Waals surface area contributed by atoms with Crippen molar-refractivity contribution in [3.63, 3.8) is 0 Å². The normalized spacial score (nSPS) is 16.8. The molecule has 128 valence electrons. The van der Waals surface area contributed by atoms with E-state index in [4.69, 9.17) is 17.0 Å². The van der Waals surface area contributed by atoms with E-state index in [2.05, 4.69) is 32.9 Å². The van der Waals surface area contributed by atoms with Crippen molar-refractivity contribution in [3.8, 4) is 0 Å². The van der Waals surface area contributed by atoms with E-state index in [0.717, 1.165) is 5.56 Å². The molecule has 1 aromatic rings. The molecule has 1 aromatic carbocycles. The molecule has 0 atom stereocenters. The Morgan fingerprint density at radius 1 is 1.29 bits per heavy atom. The maximum Gasteiger partial charge on any atom is 0.326 e. The Kier molecular flexibility index (Phi) is 5.83. The maximum atomic E-state index is 12.4. The number of rotatable bonds is 4. The number of thioether (sulfide) groups is 1. The number of amides is 1. The number of carbonyl (C=O) groups excluding carboxylic acids is 2. The number of carbonyl (C=O) groups is 2. The molecular weight excluding hydrogens is 342 g/mol. The first kappa shape index (κ1) is 18.7. The van der Waals surface area contributed by atoms with Crippen LogP contribution in [-0.4, -0.2) is 34.2 Å². The lowest BCUT2D eigenvalue weighted by Crippen LogP contribution is -2.34. The van der Waals surface area contributed by atoms with E-state index >= 15 is 0 Å². The van der Waals surface area contributed by atoms with Crippen LogP contribution in [0.1, 0.15) is 38.8 Å². The van der Waals surface area contributed by atoms with Gasteiger partial charge in [-0.15, -0.1) is 0 Å². The summed E-state index contributed by atoms with van der Waals surface area (Å²) in [5, 5.41) is 0. The molecule has 4 nitrogen and oxygen atoms in total. The van der Waals surface area contributed by atoms with Crippen molar-refractivity contribution < 1.29 is 14.3 Å². The Labute approximate surface area is 152 Å². The van der Waals surface area contributed by atoms with Crippen molar-refractivity contribution >= 4 is 46.3 Å². The highest BCUT2D eigenvalue weighted by molar-refractivity contribution is 8.26. The van der Waals surface area contributed by atoms with Crippen molar-refractivity contribution in [2.75, 3.05) is 13.2 Å². The van der Waals surface area contributed by atoms with E-state index in [1.54, 1.807) is 13.0 Å². The van der Waals surface area contributed by atoms with Crippen LogP contribution in [-0.2, 0) is 19.7 Å². The largest absolute Gasteiger partial charge is 0.465 e. The third-order valence-corrected chi connectivity index (χ3v) is 4.92. The Balaban J connectivity index is 2.15. The number of hydrogen-bond acceptors (Lipinski definition) is 5. The van der Waals surface area contributed by atoms with Gasteiger partial charge in [-0.2, -0.15) is 0 Å². The predicted octanol–water partition coefficient (Wildman–Crippen LogP) is 3.75. The van der Waals surface area contributed by atoms with Gasteiger partial charge in [-0.1, -0.05) is 69.0 Å². The molecule has 1 heterocycles. The fourth-order valence-electron chi connectivity index (χ4n) is 2.20. The van der Waals surface area contributed by atoms with Crippen molar-refractivity contribution in [3.05, 3.63) is 40.3 Å². The molecule has 0 bridgehead atoms. The summed E-state index contributed by atoms with van der Waals surface area (Å²) in [7, 11) is 0. The smallest absolute Gasteiger partial charge is 0.326 e. The fraction of sp³-hybridized carbons (Fsp3) is 0.389. The van der Waals surface area contributed by atoms with Gasteiger partial charge >= 0.3 is 5.97 Å². The van der Waals surface area contributed by atoms with Crippen LogP contribution in [0.2, 0.25) is 0 Å².